The molecule has 0 N–H and O–H groups in total. The van der Waals surface area contributed by atoms with Gasteiger partial charge in [-0.2, -0.15) is 0 Å². The number of hydrogen-bond acceptors (Lipinski definition) is 2. The van der Waals surface area contributed by atoms with Crippen LogP contribution in [0, 0.1) is 5.82 Å². The van der Waals surface area contributed by atoms with Gasteiger partial charge in [-0.1, -0.05) is 19.1 Å². The first-order chi connectivity index (χ1) is 7.26. The number of ether oxygens (including phenoxy) is 1. The molecule has 0 saturated carbocycles. The molecule has 0 saturated heterocycles. The lowest BCUT2D eigenvalue weighted by Crippen LogP contribution is -2.26. The SMILES string of the molecule is CCN(CCOC)Cc1cccc(F)c1. The first-order valence-corrected chi connectivity index (χ1v) is 5.22. The summed E-state index contributed by atoms with van der Waals surface area (Å²) in [6.07, 6.45) is 0. The molecule has 1 aromatic carbocycles. The molecule has 0 aliphatic carbocycles. The fraction of sp³-hybridized carbons (Fsp3) is 0.500. The Labute approximate surface area is 90.7 Å². The minimum Gasteiger partial charge on any atom is -0.383 e. The van der Waals surface area contributed by atoms with Crippen molar-refractivity contribution in [2.75, 3.05) is 26.8 Å². The van der Waals surface area contributed by atoms with E-state index in [9.17, 15) is 4.39 Å². The molecular formula is C12H18FNO. The van der Waals surface area contributed by atoms with Crippen LogP contribution in [0.15, 0.2) is 24.3 Å². The number of nitrogens with zero attached hydrogens (tertiary/aromatic N) is 1. The average Bonchev–Trinajstić information content (AvgIpc) is 2.24. The van der Waals surface area contributed by atoms with Gasteiger partial charge in [-0.15, -0.1) is 0 Å². The van der Waals surface area contributed by atoms with Crippen LogP contribution in [0.4, 0.5) is 4.39 Å². The molecule has 0 aliphatic heterocycles. The first kappa shape index (κ1) is 12.1. The maximum absolute atomic E-state index is 12.9. The number of hydrogen-bond donors (Lipinski definition) is 0. The number of likely N-dealkylation sites (N-methyl/N-ethyl adjacent to an activating group) is 1. The molecule has 0 aromatic heterocycles. The maximum Gasteiger partial charge on any atom is 0.123 e. The van der Waals surface area contributed by atoms with Gasteiger partial charge < -0.3 is 4.74 Å². The molecule has 1 aromatic rings. The lowest BCUT2D eigenvalue weighted by molar-refractivity contribution is 0.147. The zero-order chi connectivity index (χ0) is 11.1. The van der Waals surface area contributed by atoms with E-state index in [1.807, 2.05) is 6.07 Å². The third-order valence-electron chi connectivity index (χ3n) is 2.35. The van der Waals surface area contributed by atoms with Gasteiger partial charge in [0.2, 0.25) is 0 Å². The Morgan fingerprint density at radius 2 is 2.20 bits per heavy atom. The van der Waals surface area contributed by atoms with E-state index in [1.165, 1.54) is 6.07 Å². The van der Waals surface area contributed by atoms with E-state index in [0.717, 1.165) is 25.2 Å². The van der Waals surface area contributed by atoms with Crippen molar-refractivity contribution in [3.63, 3.8) is 0 Å². The van der Waals surface area contributed by atoms with E-state index in [4.69, 9.17) is 4.74 Å². The largest absolute Gasteiger partial charge is 0.383 e. The highest BCUT2D eigenvalue weighted by molar-refractivity contribution is 5.16. The van der Waals surface area contributed by atoms with Crippen LogP contribution in [0.1, 0.15) is 12.5 Å². The van der Waals surface area contributed by atoms with Crippen molar-refractivity contribution in [1.29, 1.82) is 0 Å². The molecule has 84 valence electrons. The van der Waals surface area contributed by atoms with Gasteiger partial charge in [-0.05, 0) is 24.2 Å². The van der Waals surface area contributed by atoms with Gasteiger partial charge in [-0.25, -0.2) is 4.39 Å². The van der Waals surface area contributed by atoms with Crippen molar-refractivity contribution in [1.82, 2.24) is 4.90 Å². The van der Waals surface area contributed by atoms with Crippen molar-refractivity contribution in [3.8, 4) is 0 Å². The molecule has 0 atom stereocenters. The minimum absolute atomic E-state index is 0.171. The second-order valence-electron chi connectivity index (χ2n) is 3.49. The molecule has 0 radical (unpaired) electrons. The number of rotatable bonds is 6. The first-order valence-electron chi connectivity index (χ1n) is 5.22. The summed E-state index contributed by atoms with van der Waals surface area (Å²) in [6, 6.07) is 6.73. The molecule has 0 aliphatic rings. The normalized spacial score (nSPS) is 10.9. The Morgan fingerprint density at radius 1 is 1.40 bits per heavy atom. The summed E-state index contributed by atoms with van der Waals surface area (Å²) in [7, 11) is 1.69. The molecule has 3 heteroatoms. The third-order valence-corrected chi connectivity index (χ3v) is 2.35. The molecule has 0 fully saturated rings. The Balaban J connectivity index is 2.50. The fourth-order valence-corrected chi connectivity index (χ4v) is 1.46. The molecular weight excluding hydrogens is 193 g/mol. The van der Waals surface area contributed by atoms with E-state index >= 15 is 0 Å². The van der Waals surface area contributed by atoms with Crippen LogP contribution >= 0.6 is 0 Å². The summed E-state index contributed by atoms with van der Waals surface area (Å²) in [5.41, 5.74) is 1.01. The van der Waals surface area contributed by atoms with Gasteiger partial charge in [0.15, 0.2) is 0 Å². The summed E-state index contributed by atoms with van der Waals surface area (Å²) in [6.45, 7) is 5.40. The smallest absolute Gasteiger partial charge is 0.123 e. The quantitative estimate of drug-likeness (QED) is 0.716. The number of benzene rings is 1. The predicted molar refractivity (Wildman–Crippen MR) is 59.2 cm³/mol. The van der Waals surface area contributed by atoms with Gasteiger partial charge >= 0.3 is 0 Å². The summed E-state index contributed by atoms with van der Waals surface area (Å²) in [5.74, 6) is -0.171. The minimum atomic E-state index is -0.171. The third kappa shape index (κ3) is 4.40. The lowest BCUT2D eigenvalue weighted by atomic mass is 10.2. The van der Waals surface area contributed by atoms with Crippen molar-refractivity contribution >= 4 is 0 Å². The van der Waals surface area contributed by atoms with E-state index < -0.39 is 0 Å². The van der Waals surface area contributed by atoms with Gasteiger partial charge in [-0.3, -0.25) is 4.90 Å². The van der Waals surface area contributed by atoms with Crippen molar-refractivity contribution in [3.05, 3.63) is 35.6 Å². The topological polar surface area (TPSA) is 12.5 Å². The molecule has 0 heterocycles. The Kier molecular flexibility index (Phi) is 5.29. The van der Waals surface area contributed by atoms with E-state index in [-0.39, 0.29) is 5.82 Å². The monoisotopic (exact) mass is 211 g/mol. The van der Waals surface area contributed by atoms with Crippen molar-refractivity contribution in [2.24, 2.45) is 0 Å². The lowest BCUT2D eigenvalue weighted by Gasteiger charge is -2.19. The van der Waals surface area contributed by atoms with Crippen LogP contribution in [0.25, 0.3) is 0 Å². The molecule has 2 nitrogen and oxygen atoms in total. The van der Waals surface area contributed by atoms with Crippen LogP contribution in [-0.2, 0) is 11.3 Å². The van der Waals surface area contributed by atoms with Gasteiger partial charge in [0.05, 0.1) is 6.61 Å². The highest BCUT2D eigenvalue weighted by Crippen LogP contribution is 2.06. The molecule has 0 amide bonds. The van der Waals surface area contributed by atoms with Crippen LogP contribution < -0.4 is 0 Å². The van der Waals surface area contributed by atoms with Crippen LogP contribution in [0.3, 0.4) is 0 Å². The summed E-state index contributed by atoms with van der Waals surface area (Å²) < 4.78 is 18.0. The number of halogens is 1. The Bertz CT molecular complexity index is 291. The van der Waals surface area contributed by atoms with E-state index in [0.29, 0.717) is 6.61 Å². The maximum atomic E-state index is 12.9. The molecule has 0 unspecified atom stereocenters. The summed E-state index contributed by atoms with van der Waals surface area (Å²) in [5, 5.41) is 0. The number of methoxy groups -OCH3 is 1. The second-order valence-corrected chi connectivity index (χ2v) is 3.49. The van der Waals surface area contributed by atoms with Crippen molar-refractivity contribution < 1.29 is 9.13 Å². The van der Waals surface area contributed by atoms with Gasteiger partial charge in [0, 0.05) is 20.2 Å². The fourth-order valence-electron chi connectivity index (χ4n) is 1.46. The average molecular weight is 211 g/mol. The standard InChI is InChI=1S/C12H18FNO/c1-3-14(7-8-15-2)10-11-5-4-6-12(13)9-11/h4-6,9H,3,7-8,10H2,1-2H3. The van der Waals surface area contributed by atoms with E-state index in [1.54, 1.807) is 19.2 Å². The highest BCUT2D eigenvalue weighted by atomic mass is 19.1. The molecule has 0 spiro atoms. The Morgan fingerprint density at radius 3 is 2.80 bits per heavy atom. The predicted octanol–water partition coefficient (Wildman–Crippen LogP) is 2.29. The van der Waals surface area contributed by atoms with Crippen LogP contribution in [-0.4, -0.2) is 31.7 Å². The second kappa shape index (κ2) is 6.53. The van der Waals surface area contributed by atoms with Crippen molar-refractivity contribution in [2.45, 2.75) is 13.5 Å². The summed E-state index contributed by atoms with van der Waals surface area (Å²) in [4.78, 5) is 2.22. The molecule has 15 heavy (non-hydrogen) atoms. The Hall–Kier alpha value is -0.930. The molecule has 0 bridgehead atoms. The van der Waals surface area contributed by atoms with Gasteiger partial charge in [0.25, 0.3) is 0 Å². The zero-order valence-corrected chi connectivity index (χ0v) is 9.37. The van der Waals surface area contributed by atoms with Crippen LogP contribution in [0.5, 0.6) is 0 Å². The molecule has 1 rings (SSSR count). The van der Waals surface area contributed by atoms with E-state index in [2.05, 4.69) is 11.8 Å². The highest BCUT2D eigenvalue weighted by Gasteiger charge is 2.03. The van der Waals surface area contributed by atoms with Gasteiger partial charge in [0.1, 0.15) is 5.82 Å². The van der Waals surface area contributed by atoms with Crippen LogP contribution in [0.2, 0.25) is 0 Å². The summed E-state index contributed by atoms with van der Waals surface area (Å²) >= 11 is 0. The zero-order valence-electron chi connectivity index (χ0n) is 9.37.